The largest absolute Gasteiger partial charge is 0.503 e. The van der Waals surface area contributed by atoms with Crippen LogP contribution in [0.15, 0.2) is 12.1 Å². The molecule has 7 heteroatoms. The van der Waals surface area contributed by atoms with E-state index >= 15 is 0 Å². The van der Waals surface area contributed by atoms with Crippen molar-refractivity contribution >= 4 is 11.9 Å². The lowest BCUT2D eigenvalue weighted by atomic mass is 9.93. The maximum Gasteiger partial charge on any atom is 0.303 e. The molecule has 0 spiro atoms. The second kappa shape index (κ2) is 6.72. The highest BCUT2D eigenvalue weighted by Gasteiger charge is 2.26. The Morgan fingerprint density at radius 2 is 1.91 bits per heavy atom. The van der Waals surface area contributed by atoms with Gasteiger partial charge in [0.2, 0.25) is 0 Å². The predicted octanol–water partition coefficient (Wildman–Crippen LogP) is 2.39. The van der Waals surface area contributed by atoms with Crippen LogP contribution in [-0.2, 0) is 4.79 Å². The normalized spacial score (nSPS) is 18.3. The van der Waals surface area contributed by atoms with Gasteiger partial charge in [-0.25, -0.2) is 8.78 Å². The molecule has 1 aromatic carbocycles. The van der Waals surface area contributed by atoms with E-state index in [4.69, 9.17) is 10.2 Å². The van der Waals surface area contributed by atoms with Crippen LogP contribution in [0.2, 0.25) is 0 Å². The number of aliphatic carboxylic acids is 1. The average molecular weight is 313 g/mol. The molecule has 1 heterocycles. The number of halogens is 2. The molecule has 1 fully saturated rings. The molecule has 1 aromatic rings. The van der Waals surface area contributed by atoms with Crippen molar-refractivity contribution in [3.05, 3.63) is 29.3 Å². The van der Waals surface area contributed by atoms with Gasteiger partial charge in [0.05, 0.1) is 0 Å². The van der Waals surface area contributed by atoms with Gasteiger partial charge in [0, 0.05) is 25.1 Å². The van der Waals surface area contributed by atoms with Gasteiger partial charge in [0.1, 0.15) is 0 Å². The van der Waals surface area contributed by atoms with Gasteiger partial charge in [-0.05, 0) is 37.3 Å². The molecule has 5 nitrogen and oxygen atoms in total. The van der Waals surface area contributed by atoms with Crippen LogP contribution in [0.5, 0.6) is 5.75 Å². The van der Waals surface area contributed by atoms with Crippen molar-refractivity contribution in [2.24, 2.45) is 5.92 Å². The van der Waals surface area contributed by atoms with Crippen molar-refractivity contribution in [3.8, 4) is 5.75 Å². The first-order chi connectivity index (χ1) is 10.4. The minimum atomic E-state index is -1.18. The third kappa shape index (κ3) is 3.72. The number of phenolic OH excluding ortho intramolecular Hbond substituents is 1. The summed E-state index contributed by atoms with van der Waals surface area (Å²) in [5.74, 6) is -4.79. The molecule has 1 aliphatic heterocycles. The molecule has 120 valence electrons. The molecule has 2 rings (SSSR count). The number of benzene rings is 1. The van der Waals surface area contributed by atoms with E-state index in [-0.39, 0.29) is 17.9 Å². The summed E-state index contributed by atoms with van der Waals surface area (Å²) in [5.41, 5.74) is -0.160. The third-order valence-electron chi connectivity index (χ3n) is 3.84. The molecule has 2 N–H and O–H groups in total. The van der Waals surface area contributed by atoms with Crippen molar-refractivity contribution in [3.63, 3.8) is 0 Å². The van der Waals surface area contributed by atoms with Gasteiger partial charge in [-0.3, -0.25) is 9.59 Å². The number of likely N-dealkylation sites (tertiary alicyclic amines) is 1. The van der Waals surface area contributed by atoms with Crippen LogP contribution in [-0.4, -0.2) is 40.1 Å². The Kier molecular flexibility index (Phi) is 4.95. The summed E-state index contributed by atoms with van der Waals surface area (Å²) < 4.78 is 26.7. The summed E-state index contributed by atoms with van der Waals surface area (Å²) in [4.78, 5) is 24.4. The minimum Gasteiger partial charge on any atom is -0.503 e. The van der Waals surface area contributed by atoms with Gasteiger partial charge in [0.25, 0.3) is 5.91 Å². The molecular weight excluding hydrogens is 296 g/mol. The standard InChI is InChI=1S/C15H17F2NO4/c16-11-6-10(7-12(17)14(11)21)15(22)18-5-1-2-9(8-18)3-4-13(19)20/h6-7,9,21H,1-5,8H2,(H,19,20). The smallest absolute Gasteiger partial charge is 0.303 e. The zero-order valence-corrected chi connectivity index (χ0v) is 11.9. The zero-order valence-electron chi connectivity index (χ0n) is 11.9. The van der Waals surface area contributed by atoms with Gasteiger partial charge < -0.3 is 15.1 Å². The fraction of sp³-hybridized carbons (Fsp3) is 0.467. The molecule has 0 saturated carbocycles. The van der Waals surface area contributed by atoms with Crippen LogP contribution in [0.3, 0.4) is 0 Å². The summed E-state index contributed by atoms with van der Waals surface area (Å²) in [6.45, 7) is 0.836. The number of rotatable bonds is 4. The minimum absolute atomic E-state index is 0.0369. The van der Waals surface area contributed by atoms with Crippen LogP contribution in [0.25, 0.3) is 0 Å². The van der Waals surface area contributed by atoms with E-state index in [0.29, 0.717) is 19.5 Å². The summed E-state index contributed by atoms with van der Waals surface area (Å²) in [5, 5.41) is 17.8. The Balaban J connectivity index is 2.07. The van der Waals surface area contributed by atoms with E-state index in [0.717, 1.165) is 25.0 Å². The highest BCUT2D eigenvalue weighted by Crippen LogP contribution is 2.25. The van der Waals surface area contributed by atoms with Crippen molar-refractivity contribution in [2.75, 3.05) is 13.1 Å². The Labute approximate surface area is 126 Å². The van der Waals surface area contributed by atoms with Gasteiger partial charge in [-0.1, -0.05) is 0 Å². The van der Waals surface area contributed by atoms with E-state index in [1.165, 1.54) is 4.90 Å². The van der Waals surface area contributed by atoms with E-state index in [1.807, 2.05) is 0 Å². The average Bonchev–Trinajstić information content (AvgIpc) is 2.49. The Hall–Kier alpha value is -2.18. The van der Waals surface area contributed by atoms with Crippen LogP contribution in [0, 0.1) is 17.6 Å². The maximum absolute atomic E-state index is 13.3. The van der Waals surface area contributed by atoms with Gasteiger partial charge in [-0.15, -0.1) is 0 Å². The lowest BCUT2D eigenvalue weighted by Gasteiger charge is -2.32. The molecule has 1 atom stereocenters. The van der Waals surface area contributed by atoms with Crippen molar-refractivity contribution in [2.45, 2.75) is 25.7 Å². The van der Waals surface area contributed by atoms with Gasteiger partial charge in [-0.2, -0.15) is 0 Å². The van der Waals surface area contributed by atoms with E-state index in [9.17, 15) is 18.4 Å². The SMILES string of the molecule is O=C(O)CCC1CCCN(C(=O)c2cc(F)c(O)c(F)c2)C1. The van der Waals surface area contributed by atoms with Crippen molar-refractivity contribution in [1.82, 2.24) is 4.90 Å². The first kappa shape index (κ1) is 16.2. The lowest BCUT2D eigenvalue weighted by Crippen LogP contribution is -2.40. The number of phenols is 1. The first-order valence-corrected chi connectivity index (χ1v) is 7.07. The van der Waals surface area contributed by atoms with Crippen LogP contribution < -0.4 is 0 Å². The van der Waals surface area contributed by atoms with Gasteiger partial charge in [0.15, 0.2) is 17.4 Å². The zero-order chi connectivity index (χ0) is 16.3. The lowest BCUT2D eigenvalue weighted by molar-refractivity contribution is -0.137. The van der Waals surface area contributed by atoms with Crippen molar-refractivity contribution < 1.29 is 28.6 Å². The fourth-order valence-corrected chi connectivity index (χ4v) is 2.68. The number of carbonyl (C=O) groups is 2. The molecule has 1 aliphatic rings. The summed E-state index contributed by atoms with van der Waals surface area (Å²) in [6, 6.07) is 1.61. The molecule has 1 saturated heterocycles. The number of carboxylic acids is 1. The predicted molar refractivity (Wildman–Crippen MR) is 73.5 cm³/mol. The quantitative estimate of drug-likeness (QED) is 0.894. The summed E-state index contributed by atoms with van der Waals surface area (Å²) in [6.07, 6.45) is 2.06. The summed E-state index contributed by atoms with van der Waals surface area (Å²) >= 11 is 0. The molecule has 0 aromatic heterocycles. The molecule has 22 heavy (non-hydrogen) atoms. The number of carboxylic acid groups (broad SMARTS) is 1. The second-order valence-corrected chi connectivity index (χ2v) is 5.48. The number of piperidine rings is 1. The topological polar surface area (TPSA) is 77.8 Å². The number of nitrogens with zero attached hydrogens (tertiary/aromatic N) is 1. The molecule has 1 amide bonds. The first-order valence-electron chi connectivity index (χ1n) is 7.07. The number of amides is 1. The number of hydrogen-bond donors (Lipinski definition) is 2. The molecule has 0 bridgehead atoms. The molecule has 0 aliphatic carbocycles. The van der Waals surface area contributed by atoms with Crippen LogP contribution >= 0.6 is 0 Å². The van der Waals surface area contributed by atoms with E-state index < -0.39 is 29.3 Å². The number of aromatic hydroxyl groups is 1. The number of carbonyl (C=O) groups excluding carboxylic acids is 1. The summed E-state index contributed by atoms with van der Waals surface area (Å²) in [7, 11) is 0. The van der Waals surface area contributed by atoms with E-state index in [1.54, 1.807) is 0 Å². The molecule has 1 unspecified atom stereocenters. The molecule has 0 radical (unpaired) electrons. The Morgan fingerprint density at radius 3 is 2.50 bits per heavy atom. The molecular formula is C15H17F2NO4. The van der Waals surface area contributed by atoms with Crippen molar-refractivity contribution in [1.29, 1.82) is 0 Å². The van der Waals surface area contributed by atoms with Crippen LogP contribution in [0.1, 0.15) is 36.0 Å². The highest BCUT2D eigenvalue weighted by atomic mass is 19.1. The number of hydrogen-bond acceptors (Lipinski definition) is 3. The van der Waals surface area contributed by atoms with Crippen LogP contribution in [0.4, 0.5) is 8.78 Å². The van der Waals surface area contributed by atoms with Gasteiger partial charge >= 0.3 is 5.97 Å². The monoisotopic (exact) mass is 313 g/mol. The van der Waals surface area contributed by atoms with E-state index in [2.05, 4.69) is 0 Å². The fourth-order valence-electron chi connectivity index (χ4n) is 2.68. The second-order valence-electron chi connectivity index (χ2n) is 5.48. The highest BCUT2D eigenvalue weighted by molar-refractivity contribution is 5.94. The Bertz CT molecular complexity index is 568. The Morgan fingerprint density at radius 1 is 1.27 bits per heavy atom. The maximum atomic E-state index is 13.3. The third-order valence-corrected chi connectivity index (χ3v) is 3.84.